The Labute approximate surface area is 98.2 Å². The van der Waals surface area contributed by atoms with Gasteiger partial charge in [-0.2, -0.15) is 5.10 Å². The highest BCUT2D eigenvalue weighted by Crippen LogP contribution is 2.39. The van der Waals surface area contributed by atoms with E-state index < -0.39 is 0 Å². The topological polar surface area (TPSA) is 29.9 Å². The molecule has 1 atom stereocenters. The molecular formula is C13H23N3. The summed E-state index contributed by atoms with van der Waals surface area (Å²) in [5.41, 5.74) is 0.583. The third-order valence-electron chi connectivity index (χ3n) is 3.79. The largest absolute Gasteiger partial charge is 0.314 e. The Balaban J connectivity index is 1.62. The van der Waals surface area contributed by atoms with Crippen molar-refractivity contribution in [2.75, 3.05) is 6.54 Å². The van der Waals surface area contributed by atoms with Crippen LogP contribution in [0, 0.1) is 5.41 Å². The second-order valence-corrected chi connectivity index (χ2v) is 5.50. The molecule has 1 aliphatic rings. The molecule has 3 heteroatoms. The van der Waals surface area contributed by atoms with Gasteiger partial charge in [-0.15, -0.1) is 0 Å². The standard InChI is InChI=1S/C13H23N3/c1-12(5-10-16-9-4-8-15-16)14-11-13(2)6-3-7-13/h4,8-9,12,14H,3,5-7,10-11H2,1-2H3. The fourth-order valence-electron chi connectivity index (χ4n) is 2.24. The Morgan fingerprint density at radius 2 is 2.31 bits per heavy atom. The lowest BCUT2D eigenvalue weighted by atomic mass is 9.70. The molecule has 1 heterocycles. The minimum absolute atomic E-state index is 0.583. The van der Waals surface area contributed by atoms with Crippen LogP contribution in [0.15, 0.2) is 18.5 Å². The fraction of sp³-hybridized carbons (Fsp3) is 0.769. The van der Waals surface area contributed by atoms with Crippen molar-refractivity contribution in [3.05, 3.63) is 18.5 Å². The summed E-state index contributed by atoms with van der Waals surface area (Å²) >= 11 is 0. The molecule has 1 aliphatic carbocycles. The first-order valence-electron chi connectivity index (χ1n) is 6.39. The first-order valence-corrected chi connectivity index (χ1v) is 6.39. The van der Waals surface area contributed by atoms with Gasteiger partial charge in [-0.05, 0) is 37.7 Å². The Hall–Kier alpha value is -0.830. The normalized spacial score (nSPS) is 20.4. The second kappa shape index (κ2) is 5.00. The number of hydrogen-bond acceptors (Lipinski definition) is 2. The van der Waals surface area contributed by atoms with Crippen molar-refractivity contribution in [2.24, 2.45) is 5.41 Å². The van der Waals surface area contributed by atoms with Gasteiger partial charge in [0.05, 0.1) is 0 Å². The van der Waals surface area contributed by atoms with E-state index in [1.165, 1.54) is 25.8 Å². The lowest BCUT2D eigenvalue weighted by Crippen LogP contribution is -2.41. The summed E-state index contributed by atoms with van der Waals surface area (Å²) < 4.78 is 2.00. The minimum atomic E-state index is 0.583. The molecule has 90 valence electrons. The molecule has 16 heavy (non-hydrogen) atoms. The van der Waals surface area contributed by atoms with Crippen LogP contribution in [-0.4, -0.2) is 22.4 Å². The van der Waals surface area contributed by atoms with Crippen LogP contribution in [0.3, 0.4) is 0 Å². The van der Waals surface area contributed by atoms with Crippen molar-refractivity contribution >= 4 is 0 Å². The molecule has 0 aliphatic heterocycles. The number of aromatic nitrogens is 2. The lowest BCUT2D eigenvalue weighted by molar-refractivity contribution is 0.150. The molecule has 0 radical (unpaired) electrons. The summed E-state index contributed by atoms with van der Waals surface area (Å²) in [6, 6.07) is 2.56. The molecule has 0 spiro atoms. The number of hydrogen-bond donors (Lipinski definition) is 1. The molecule has 1 fully saturated rings. The van der Waals surface area contributed by atoms with Crippen molar-refractivity contribution in [3.8, 4) is 0 Å². The summed E-state index contributed by atoms with van der Waals surface area (Å²) in [5, 5.41) is 7.86. The molecule has 1 unspecified atom stereocenters. The van der Waals surface area contributed by atoms with Gasteiger partial charge < -0.3 is 5.32 Å². The zero-order valence-corrected chi connectivity index (χ0v) is 10.4. The van der Waals surface area contributed by atoms with Gasteiger partial charge >= 0.3 is 0 Å². The molecule has 1 N–H and O–H groups in total. The molecule has 1 saturated carbocycles. The van der Waals surface area contributed by atoms with Gasteiger partial charge in [0.2, 0.25) is 0 Å². The smallest absolute Gasteiger partial charge is 0.0489 e. The van der Waals surface area contributed by atoms with Crippen LogP contribution in [0.2, 0.25) is 0 Å². The summed E-state index contributed by atoms with van der Waals surface area (Å²) in [4.78, 5) is 0. The Bertz CT molecular complexity index is 301. The van der Waals surface area contributed by atoms with Gasteiger partial charge in [-0.1, -0.05) is 13.3 Å². The number of rotatable bonds is 6. The first kappa shape index (κ1) is 11.6. The van der Waals surface area contributed by atoms with E-state index in [1.807, 2.05) is 23.1 Å². The van der Waals surface area contributed by atoms with Crippen LogP contribution in [-0.2, 0) is 6.54 Å². The Kier molecular flexibility index (Phi) is 3.64. The van der Waals surface area contributed by atoms with Crippen LogP contribution in [0.4, 0.5) is 0 Å². The van der Waals surface area contributed by atoms with Crippen LogP contribution in [0.1, 0.15) is 39.5 Å². The molecule has 0 aromatic carbocycles. The maximum absolute atomic E-state index is 4.21. The molecular weight excluding hydrogens is 198 g/mol. The quantitative estimate of drug-likeness (QED) is 0.799. The Morgan fingerprint density at radius 3 is 2.88 bits per heavy atom. The molecule has 1 aromatic heterocycles. The summed E-state index contributed by atoms with van der Waals surface area (Å²) in [5.74, 6) is 0. The summed E-state index contributed by atoms with van der Waals surface area (Å²) in [7, 11) is 0. The maximum atomic E-state index is 4.21. The molecule has 0 saturated heterocycles. The van der Waals surface area contributed by atoms with Crippen LogP contribution in [0.5, 0.6) is 0 Å². The average Bonchev–Trinajstić information content (AvgIpc) is 2.73. The van der Waals surface area contributed by atoms with E-state index in [4.69, 9.17) is 0 Å². The highest BCUT2D eigenvalue weighted by Gasteiger charge is 2.31. The second-order valence-electron chi connectivity index (χ2n) is 5.50. The van der Waals surface area contributed by atoms with Gasteiger partial charge in [0, 0.05) is 31.5 Å². The maximum Gasteiger partial charge on any atom is 0.0489 e. The van der Waals surface area contributed by atoms with E-state index in [0.717, 1.165) is 13.0 Å². The van der Waals surface area contributed by atoms with Gasteiger partial charge in [-0.25, -0.2) is 0 Å². The summed E-state index contributed by atoms with van der Waals surface area (Å²) in [6.45, 7) is 6.85. The van der Waals surface area contributed by atoms with E-state index in [1.54, 1.807) is 0 Å². The molecule has 3 nitrogen and oxygen atoms in total. The van der Waals surface area contributed by atoms with E-state index in [-0.39, 0.29) is 0 Å². The number of nitrogens with zero attached hydrogens (tertiary/aromatic N) is 2. The van der Waals surface area contributed by atoms with Crippen molar-refractivity contribution in [1.29, 1.82) is 0 Å². The van der Waals surface area contributed by atoms with E-state index in [9.17, 15) is 0 Å². The SMILES string of the molecule is CC(CCn1cccn1)NCC1(C)CCC1. The number of aryl methyl sites for hydroxylation is 1. The highest BCUT2D eigenvalue weighted by molar-refractivity contribution is 4.86. The predicted molar refractivity (Wildman–Crippen MR) is 66.3 cm³/mol. The monoisotopic (exact) mass is 221 g/mol. The van der Waals surface area contributed by atoms with E-state index >= 15 is 0 Å². The molecule has 0 bridgehead atoms. The Morgan fingerprint density at radius 1 is 1.50 bits per heavy atom. The third-order valence-corrected chi connectivity index (χ3v) is 3.79. The van der Waals surface area contributed by atoms with E-state index in [0.29, 0.717) is 11.5 Å². The van der Waals surface area contributed by atoms with Gasteiger partial charge in [0.1, 0.15) is 0 Å². The van der Waals surface area contributed by atoms with Crippen LogP contribution < -0.4 is 5.32 Å². The van der Waals surface area contributed by atoms with Crippen molar-refractivity contribution in [3.63, 3.8) is 0 Å². The van der Waals surface area contributed by atoms with E-state index in [2.05, 4.69) is 24.3 Å². The molecule has 2 rings (SSSR count). The van der Waals surface area contributed by atoms with Crippen LogP contribution in [0.25, 0.3) is 0 Å². The van der Waals surface area contributed by atoms with Crippen molar-refractivity contribution in [2.45, 2.75) is 52.1 Å². The van der Waals surface area contributed by atoms with Gasteiger partial charge in [-0.3, -0.25) is 4.68 Å². The van der Waals surface area contributed by atoms with Gasteiger partial charge in [0.25, 0.3) is 0 Å². The van der Waals surface area contributed by atoms with Crippen LogP contribution >= 0.6 is 0 Å². The van der Waals surface area contributed by atoms with Crippen molar-refractivity contribution < 1.29 is 0 Å². The summed E-state index contributed by atoms with van der Waals surface area (Å²) in [6.07, 6.45) is 9.23. The zero-order chi connectivity index (χ0) is 11.4. The highest BCUT2D eigenvalue weighted by atomic mass is 15.3. The zero-order valence-electron chi connectivity index (χ0n) is 10.4. The number of nitrogens with one attached hydrogen (secondary N) is 1. The van der Waals surface area contributed by atoms with Crippen molar-refractivity contribution in [1.82, 2.24) is 15.1 Å². The minimum Gasteiger partial charge on any atom is -0.314 e. The van der Waals surface area contributed by atoms with Gasteiger partial charge in [0.15, 0.2) is 0 Å². The third kappa shape index (κ3) is 3.08. The fourth-order valence-corrected chi connectivity index (χ4v) is 2.24. The first-order chi connectivity index (χ1) is 7.68. The predicted octanol–water partition coefficient (Wildman–Crippen LogP) is 2.44. The average molecular weight is 221 g/mol. The molecule has 1 aromatic rings. The lowest BCUT2D eigenvalue weighted by Gasteiger charge is -2.39. The molecule has 0 amide bonds.